The molecule has 2 saturated heterocycles. The Labute approximate surface area is 108 Å². The Balaban J connectivity index is 1.65. The van der Waals surface area contributed by atoms with Crippen molar-refractivity contribution in [1.82, 2.24) is 10.2 Å². The lowest BCUT2D eigenvalue weighted by Crippen LogP contribution is -2.46. The normalized spacial score (nSPS) is 27.8. The molecular formula is C15H20N2O. The number of benzene rings is 1. The van der Waals surface area contributed by atoms with Crippen LogP contribution in [0.1, 0.15) is 36.0 Å². The Hall–Kier alpha value is -1.35. The first kappa shape index (κ1) is 11.7. The van der Waals surface area contributed by atoms with Gasteiger partial charge in [0.05, 0.1) is 0 Å². The highest BCUT2D eigenvalue weighted by Gasteiger charge is 2.36. The molecular weight excluding hydrogens is 224 g/mol. The molecule has 0 unspecified atom stereocenters. The first-order valence-corrected chi connectivity index (χ1v) is 6.94. The van der Waals surface area contributed by atoms with Crippen LogP contribution in [0.2, 0.25) is 0 Å². The van der Waals surface area contributed by atoms with Crippen molar-refractivity contribution in [3.05, 3.63) is 35.9 Å². The maximum atomic E-state index is 12.1. The third kappa shape index (κ3) is 2.27. The van der Waals surface area contributed by atoms with Crippen LogP contribution in [0, 0.1) is 0 Å². The molecule has 3 heteroatoms. The van der Waals surface area contributed by atoms with Crippen molar-refractivity contribution in [3.8, 4) is 0 Å². The van der Waals surface area contributed by atoms with E-state index in [2.05, 4.69) is 10.2 Å². The number of hydrogen-bond donors (Lipinski definition) is 1. The zero-order valence-corrected chi connectivity index (χ0v) is 10.6. The van der Waals surface area contributed by atoms with Gasteiger partial charge in [-0.25, -0.2) is 0 Å². The molecule has 1 amide bonds. The highest BCUT2D eigenvalue weighted by Crippen LogP contribution is 2.27. The van der Waals surface area contributed by atoms with Crippen LogP contribution in [0.5, 0.6) is 0 Å². The number of nitrogens with one attached hydrogen (secondary N) is 1. The van der Waals surface area contributed by atoms with Crippen LogP contribution in [0.3, 0.4) is 0 Å². The molecule has 2 aliphatic rings. The van der Waals surface area contributed by atoms with Crippen molar-refractivity contribution in [2.45, 2.75) is 37.8 Å². The third-order valence-corrected chi connectivity index (χ3v) is 4.21. The van der Waals surface area contributed by atoms with E-state index in [0.717, 1.165) is 18.5 Å². The molecule has 2 aliphatic heterocycles. The number of carbonyl (C=O) groups is 1. The monoisotopic (exact) mass is 244 g/mol. The summed E-state index contributed by atoms with van der Waals surface area (Å²) < 4.78 is 0. The summed E-state index contributed by atoms with van der Waals surface area (Å²) in [5.41, 5.74) is 0.770. The maximum Gasteiger partial charge on any atom is 0.251 e. The molecule has 2 heterocycles. The number of carbonyl (C=O) groups excluding carboxylic acids is 1. The number of rotatable bonds is 2. The predicted octanol–water partition coefficient (Wildman–Crippen LogP) is 2.04. The molecule has 18 heavy (non-hydrogen) atoms. The lowest BCUT2D eigenvalue weighted by Gasteiger charge is -2.32. The minimum Gasteiger partial charge on any atom is -0.348 e. The van der Waals surface area contributed by atoms with Crippen molar-refractivity contribution >= 4 is 5.91 Å². The second-order valence-electron chi connectivity index (χ2n) is 5.33. The molecule has 0 spiro atoms. The van der Waals surface area contributed by atoms with E-state index in [0.29, 0.717) is 12.1 Å². The van der Waals surface area contributed by atoms with E-state index in [1.54, 1.807) is 0 Å². The highest BCUT2D eigenvalue weighted by atomic mass is 16.1. The van der Waals surface area contributed by atoms with Crippen LogP contribution in [-0.4, -0.2) is 36.0 Å². The summed E-state index contributed by atoms with van der Waals surface area (Å²) in [6.45, 7) is 2.35. The highest BCUT2D eigenvalue weighted by molar-refractivity contribution is 5.94. The van der Waals surface area contributed by atoms with Gasteiger partial charge in [0.1, 0.15) is 0 Å². The molecule has 1 aromatic rings. The standard InChI is InChI=1S/C15H20N2O/c18-15(12-6-2-1-3-7-12)16-13-9-11-17-10-5-4-8-14(13)17/h1-3,6-7,13-14H,4-5,8-11H2,(H,16,18)/t13-,14-/m0/s1. The third-order valence-electron chi connectivity index (χ3n) is 4.21. The van der Waals surface area contributed by atoms with Gasteiger partial charge in [-0.1, -0.05) is 24.6 Å². The molecule has 1 N–H and O–H groups in total. The largest absolute Gasteiger partial charge is 0.348 e. The lowest BCUT2D eigenvalue weighted by molar-refractivity contribution is 0.0915. The molecule has 0 aliphatic carbocycles. The zero-order chi connectivity index (χ0) is 12.4. The van der Waals surface area contributed by atoms with E-state index in [1.807, 2.05) is 30.3 Å². The summed E-state index contributed by atoms with van der Waals surface area (Å²) in [6, 6.07) is 10.4. The molecule has 3 nitrogen and oxygen atoms in total. The number of amides is 1. The minimum atomic E-state index is 0.0769. The van der Waals surface area contributed by atoms with E-state index in [-0.39, 0.29) is 5.91 Å². The van der Waals surface area contributed by atoms with E-state index in [4.69, 9.17) is 0 Å². The quantitative estimate of drug-likeness (QED) is 0.863. The van der Waals surface area contributed by atoms with Gasteiger partial charge < -0.3 is 5.32 Å². The first-order valence-electron chi connectivity index (χ1n) is 6.94. The maximum absolute atomic E-state index is 12.1. The Morgan fingerprint density at radius 3 is 2.78 bits per heavy atom. The van der Waals surface area contributed by atoms with Crippen molar-refractivity contribution in [2.24, 2.45) is 0 Å². The molecule has 2 fully saturated rings. The SMILES string of the molecule is O=C(N[C@H]1CCN2CCCC[C@@H]12)c1ccccc1. The summed E-state index contributed by atoms with van der Waals surface area (Å²) in [6.07, 6.45) is 4.96. The summed E-state index contributed by atoms with van der Waals surface area (Å²) >= 11 is 0. The van der Waals surface area contributed by atoms with E-state index in [9.17, 15) is 4.79 Å². The Morgan fingerprint density at radius 2 is 1.94 bits per heavy atom. The van der Waals surface area contributed by atoms with Gasteiger partial charge in [-0.2, -0.15) is 0 Å². The van der Waals surface area contributed by atoms with Gasteiger partial charge in [0.2, 0.25) is 0 Å². The Bertz CT molecular complexity index is 418. The summed E-state index contributed by atoms with van der Waals surface area (Å²) in [5, 5.41) is 3.21. The zero-order valence-electron chi connectivity index (χ0n) is 10.6. The van der Waals surface area contributed by atoms with Gasteiger partial charge in [-0.15, -0.1) is 0 Å². The summed E-state index contributed by atoms with van der Waals surface area (Å²) in [7, 11) is 0. The molecule has 0 bridgehead atoms. The number of fused-ring (bicyclic) bond motifs is 1. The van der Waals surface area contributed by atoms with E-state index in [1.165, 1.54) is 25.8 Å². The van der Waals surface area contributed by atoms with E-state index < -0.39 is 0 Å². The smallest absolute Gasteiger partial charge is 0.251 e. The van der Waals surface area contributed by atoms with Crippen LogP contribution >= 0.6 is 0 Å². The number of nitrogens with zero attached hydrogens (tertiary/aromatic N) is 1. The molecule has 2 atom stereocenters. The number of piperidine rings is 1. The second kappa shape index (κ2) is 5.11. The van der Waals surface area contributed by atoms with Crippen LogP contribution in [0.15, 0.2) is 30.3 Å². The van der Waals surface area contributed by atoms with Crippen LogP contribution < -0.4 is 5.32 Å². The van der Waals surface area contributed by atoms with Gasteiger partial charge in [0, 0.05) is 24.2 Å². The van der Waals surface area contributed by atoms with Crippen LogP contribution in [0.4, 0.5) is 0 Å². The second-order valence-corrected chi connectivity index (χ2v) is 5.33. The fourth-order valence-corrected chi connectivity index (χ4v) is 3.26. The van der Waals surface area contributed by atoms with Crippen LogP contribution in [0.25, 0.3) is 0 Å². The van der Waals surface area contributed by atoms with Gasteiger partial charge in [0.25, 0.3) is 5.91 Å². The van der Waals surface area contributed by atoms with Crippen molar-refractivity contribution < 1.29 is 4.79 Å². The fourth-order valence-electron chi connectivity index (χ4n) is 3.26. The summed E-state index contributed by atoms with van der Waals surface area (Å²) in [5.74, 6) is 0.0769. The van der Waals surface area contributed by atoms with Crippen molar-refractivity contribution in [2.75, 3.05) is 13.1 Å². The first-order chi connectivity index (χ1) is 8.84. The van der Waals surface area contributed by atoms with Gasteiger partial charge in [0.15, 0.2) is 0 Å². The average Bonchev–Trinajstić information content (AvgIpc) is 2.83. The van der Waals surface area contributed by atoms with Gasteiger partial charge in [-0.05, 0) is 37.9 Å². The van der Waals surface area contributed by atoms with Crippen molar-refractivity contribution in [3.63, 3.8) is 0 Å². The molecule has 0 radical (unpaired) electrons. The number of hydrogen-bond acceptors (Lipinski definition) is 2. The van der Waals surface area contributed by atoms with E-state index >= 15 is 0 Å². The van der Waals surface area contributed by atoms with Crippen LogP contribution in [-0.2, 0) is 0 Å². The van der Waals surface area contributed by atoms with Gasteiger partial charge in [-0.3, -0.25) is 9.69 Å². The fraction of sp³-hybridized carbons (Fsp3) is 0.533. The average molecular weight is 244 g/mol. The molecule has 0 aromatic heterocycles. The van der Waals surface area contributed by atoms with Gasteiger partial charge >= 0.3 is 0 Å². The predicted molar refractivity (Wildman–Crippen MR) is 71.5 cm³/mol. The molecule has 3 rings (SSSR count). The topological polar surface area (TPSA) is 32.3 Å². The molecule has 0 saturated carbocycles. The molecule has 1 aromatic carbocycles. The Morgan fingerprint density at radius 1 is 1.11 bits per heavy atom. The Kier molecular flexibility index (Phi) is 3.33. The minimum absolute atomic E-state index is 0.0769. The summed E-state index contributed by atoms with van der Waals surface area (Å²) in [4.78, 5) is 14.7. The lowest BCUT2D eigenvalue weighted by atomic mass is 9.99. The molecule has 96 valence electrons. The van der Waals surface area contributed by atoms with Crippen molar-refractivity contribution in [1.29, 1.82) is 0 Å².